The summed E-state index contributed by atoms with van der Waals surface area (Å²) in [4.78, 5) is 26.2. The van der Waals surface area contributed by atoms with Gasteiger partial charge in [-0.2, -0.15) is 0 Å². The summed E-state index contributed by atoms with van der Waals surface area (Å²) >= 11 is 7.57. The zero-order chi connectivity index (χ0) is 18.8. The molecule has 0 saturated carbocycles. The van der Waals surface area contributed by atoms with E-state index in [0.29, 0.717) is 37.7 Å². The second-order valence-corrected chi connectivity index (χ2v) is 7.51. The minimum absolute atomic E-state index is 0.0398. The first-order chi connectivity index (χ1) is 12.6. The van der Waals surface area contributed by atoms with Gasteiger partial charge in [0, 0.05) is 16.4 Å². The molecule has 0 bridgehead atoms. The van der Waals surface area contributed by atoms with Crippen LogP contribution in [0.25, 0.3) is 0 Å². The molecule has 0 aliphatic heterocycles. The maximum Gasteiger partial charge on any atom is 0.275 e. The number of halogens is 1. The Morgan fingerprint density at radius 1 is 1.12 bits per heavy atom. The molecular weight excluding hydrogens is 370 g/mol. The van der Waals surface area contributed by atoms with E-state index < -0.39 is 0 Å². The summed E-state index contributed by atoms with van der Waals surface area (Å²) in [6.45, 7) is 4.37. The van der Waals surface area contributed by atoms with Crippen molar-refractivity contribution in [3.8, 4) is 0 Å². The topological polar surface area (TPSA) is 62.6 Å². The Balaban J connectivity index is 1.67. The first-order valence-electron chi connectivity index (χ1n) is 8.70. The van der Waals surface area contributed by atoms with Gasteiger partial charge in [-0.1, -0.05) is 29.8 Å². The van der Waals surface area contributed by atoms with Crippen LogP contribution in [0, 0.1) is 0 Å². The number of quaternary nitrogens is 1. The molecule has 140 valence electrons. The summed E-state index contributed by atoms with van der Waals surface area (Å²) in [5, 5.41) is 8.49. The van der Waals surface area contributed by atoms with E-state index in [1.807, 2.05) is 48.7 Å². The van der Waals surface area contributed by atoms with Crippen LogP contribution < -0.4 is 15.5 Å². The number of carbonyl (C=O) groups excluding carboxylic acids is 2. The van der Waals surface area contributed by atoms with Gasteiger partial charge in [0.25, 0.3) is 11.8 Å². The molecule has 7 heteroatoms. The number of benzene rings is 1. The summed E-state index contributed by atoms with van der Waals surface area (Å²) in [6, 6.07) is 11.6. The second kappa shape index (κ2) is 11.0. The molecule has 0 radical (unpaired) electrons. The Morgan fingerprint density at radius 2 is 1.88 bits per heavy atom. The lowest BCUT2D eigenvalue weighted by Gasteiger charge is -2.16. The van der Waals surface area contributed by atoms with Crippen molar-refractivity contribution >= 4 is 34.8 Å². The lowest BCUT2D eigenvalue weighted by atomic mass is 10.1. The van der Waals surface area contributed by atoms with Gasteiger partial charge in [0.2, 0.25) is 0 Å². The summed E-state index contributed by atoms with van der Waals surface area (Å²) in [6.07, 6.45) is 0.731. The van der Waals surface area contributed by atoms with Crippen molar-refractivity contribution in [3.63, 3.8) is 0 Å². The molecule has 2 rings (SSSR count). The summed E-state index contributed by atoms with van der Waals surface area (Å²) in [5.74, 6) is -0.0862. The highest BCUT2D eigenvalue weighted by atomic mass is 35.5. The molecule has 5 nitrogen and oxygen atoms in total. The third-order valence-corrected chi connectivity index (χ3v) is 5.10. The maximum atomic E-state index is 12.1. The fourth-order valence-electron chi connectivity index (χ4n) is 2.53. The van der Waals surface area contributed by atoms with Crippen LogP contribution >= 0.6 is 22.9 Å². The lowest BCUT2D eigenvalue weighted by molar-refractivity contribution is -0.881. The van der Waals surface area contributed by atoms with Crippen molar-refractivity contribution in [2.45, 2.75) is 19.9 Å². The zero-order valence-corrected chi connectivity index (χ0v) is 16.5. The molecule has 2 amide bonds. The highest BCUT2D eigenvalue weighted by Gasteiger charge is 2.16. The molecule has 1 atom stereocenters. The number of nitrogens with one attached hydrogen (secondary N) is 3. The fraction of sp³-hybridized carbons (Fsp3) is 0.368. The molecule has 1 aromatic carbocycles. The van der Waals surface area contributed by atoms with E-state index in [1.54, 1.807) is 11.3 Å². The highest BCUT2D eigenvalue weighted by Crippen LogP contribution is 2.10. The molecule has 0 aliphatic rings. The summed E-state index contributed by atoms with van der Waals surface area (Å²) in [5.41, 5.74) is 1.09. The van der Waals surface area contributed by atoms with Crippen molar-refractivity contribution in [1.29, 1.82) is 0 Å². The third kappa shape index (κ3) is 7.56. The maximum absolute atomic E-state index is 12.1. The van der Waals surface area contributed by atoms with Crippen LogP contribution in [0.2, 0.25) is 5.02 Å². The van der Waals surface area contributed by atoms with Gasteiger partial charge in [-0.3, -0.25) is 9.59 Å². The fourth-order valence-corrected chi connectivity index (χ4v) is 3.39. The Labute approximate surface area is 163 Å². The Kier molecular flexibility index (Phi) is 8.61. The van der Waals surface area contributed by atoms with E-state index in [4.69, 9.17) is 11.6 Å². The second-order valence-electron chi connectivity index (χ2n) is 6.04. The molecule has 0 spiro atoms. The van der Waals surface area contributed by atoms with Gasteiger partial charge in [-0.05, 0) is 42.5 Å². The average Bonchev–Trinajstić information content (AvgIpc) is 3.13. The van der Waals surface area contributed by atoms with Crippen LogP contribution in [0.1, 0.15) is 17.4 Å². The minimum Gasteiger partial charge on any atom is -0.351 e. The highest BCUT2D eigenvalue weighted by molar-refractivity contribution is 7.09. The standard InChI is InChI=1S/C19H24ClN3O2S/c1-2-23(14-19(25)22-12-17-7-4-10-26-17)13-18(24)21-9-8-15-5-3-6-16(20)11-15/h3-7,10-11H,2,8-9,12-14H2,1H3,(H,21,24)(H,22,25)/p+1. The number of rotatable bonds is 10. The number of hydrogen-bond donors (Lipinski definition) is 3. The van der Waals surface area contributed by atoms with Crippen LogP contribution in [-0.2, 0) is 22.6 Å². The van der Waals surface area contributed by atoms with Crippen LogP contribution in [0.4, 0.5) is 0 Å². The van der Waals surface area contributed by atoms with E-state index in [-0.39, 0.29) is 11.8 Å². The number of hydrogen-bond acceptors (Lipinski definition) is 3. The molecule has 1 aromatic heterocycles. The van der Waals surface area contributed by atoms with Crippen molar-refractivity contribution in [2.24, 2.45) is 0 Å². The van der Waals surface area contributed by atoms with Crippen molar-refractivity contribution in [1.82, 2.24) is 10.6 Å². The van der Waals surface area contributed by atoms with Crippen molar-refractivity contribution in [3.05, 3.63) is 57.2 Å². The zero-order valence-electron chi connectivity index (χ0n) is 14.9. The van der Waals surface area contributed by atoms with Gasteiger partial charge in [-0.15, -0.1) is 11.3 Å². The van der Waals surface area contributed by atoms with E-state index >= 15 is 0 Å². The van der Waals surface area contributed by atoms with Gasteiger partial charge in [0.15, 0.2) is 13.1 Å². The molecule has 0 fully saturated rings. The molecule has 0 aliphatic carbocycles. The molecule has 1 heterocycles. The van der Waals surface area contributed by atoms with Gasteiger partial charge < -0.3 is 15.5 Å². The van der Waals surface area contributed by atoms with Crippen LogP contribution in [-0.4, -0.2) is 38.0 Å². The number of amides is 2. The van der Waals surface area contributed by atoms with Crippen LogP contribution in [0.3, 0.4) is 0 Å². The molecule has 3 N–H and O–H groups in total. The first-order valence-corrected chi connectivity index (χ1v) is 9.96. The Bertz CT molecular complexity index is 707. The lowest BCUT2D eigenvalue weighted by Crippen LogP contribution is -3.14. The average molecular weight is 395 g/mol. The van der Waals surface area contributed by atoms with Gasteiger partial charge in [0.05, 0.1) is 13.1 Å². The number of carbonyl (C=O) groups is 2. The van der Waals surface area contributed by atoms with E-state index in [2.05, 4.69) is 10.6 Å². The minimum atomic E-state index is -0.0464. The van der Waals surface area contributed by atoms with Gasteiger partial charge in [0.1, 0.15) is 0 Å². The number of thiophene rings is 1. The van der Waals surface area contributed by atoms with Crippen LogP contribution in [0.5, 0.6) is 0 Å². The van der Waals surface area contributed by atoms with Gasteiger partial charge in [-0.25, -0.2) is 0 Å². The normalized spacial score (nSPS) is 11.8. The monoisotopic (exact) mass is 394 g/mol. The van der Waals surface area contributed by atoms with E-state index in [9.17, 15) is 9.59 Å². The first kappa shape index (κ1) is 20.4. The Hall–Kier alpha value is -1.89. The van der Waals surface area contributed by atoms with Crippen LogP contribution in [0.15, 0.2) is 41.8 Å². The van der Waals surface area contributed by atoms with E-state index in [0.717, 1.165) is 21.8 Å². The molecule has 0 saturated heterocycles. The third-order valence-electron chi connectivity index (χ3n) is 3.99. The predicted molar refractivity (Wildman–Crippen MR) is 106 cm³/mol. The molecule has 26 heavy (non-hydrogen) atoms. The van der Waals surface area contributed by atoms with E-state index in [1.165, 1.54) is 0 Å². The molecule has 1 unspecified atom stereocenters. The molecular formula is C19H25ClN3O2S+. The SMILES string of the molecule is CC[NH+](CC(=O)NCCc1cccc(Cl)c1)CC(=O)NCc1cccs1. The predicted octanol–water partition coefficient (Wildman–Crippen LogP) is 1.28. The smallest absolute Gasteiger partial charge is 0.275 e. The molecule has 2 aromatic rings. The number of likely N-dealkylation sites (N-methyl/N-ethyl adjacent to an activating group) is 1. The summed E-state index contributed by atoms with van der Waals surface area (Å²) in [7, 11) is 0. The summed E-state index contributed by atoms with van der Waals surface area (Å²) < 4.78 is 0. The Morgan fingerprint density at radius 3 is 2.54 bits per heavy atom. The largest absolute Gasteiger partial charge is 0.351 e. The van der Waals surface area contributed by atoms with Gasteiger partial charge >= 0.3 is 0 Å². The van der Waals surface area contributed by atoms with Crippen molar-refractivity contribution in [2.75, 3.05) is 26.2 Å². The quantitative estimate of drug-likeness (QED) is 0.568. The van der Waals surface area contributed by atoms with Crippen molar-refractivity contribution < 1.29 is 14.5 Å².